The lowest BCUT2D eigenvalue weighted by molar-refractivity contribution is -0.138. The lowest BCUT2D eigenvalue weighted by Gasteiger charge is -2.31. The summed E-state index contributed by atoms with van der Waals surface area (Å²) in [7, 11) is 0. The number of pyridine rings is 2. The number of aryl methyl sites for hydroxylation is 1. The molecular formula is C26H18F6N6O. The summed E-state index contributed by atoms with van der Waals surface area (Å²) in [6, 6.07) is 10.9. The summed E-state index contributed by atoms with van der Waals surface area (Å²) in [6.07, 6.45) is -3.14. The first-order valence-corrected chi connectivity index (χ1v) is 11.4. The normalized spacial score (nSPS) is 15.7. The van der Waals surface area contributed by atoms with Gasteiger partial charge in [-0.25, -0.2) is 15.0 Å². The molecule has 1 aromatic carbocycles. The maximum atomic E-state index is 13.6. The number of benzene rings is 1. The summed E-state index contributed by atoms with van der Waals surface area (Å²) < 4.78 is 79.9. The first-order chi connectivity index (χ1) is 18.4. The van der Waals surface area contributed by atoms with Gasteiger partial charge in [0.15, 0.2) is 12.0 Å². The van der Waals surface area contributed by atoms with Crippen LogP contribution < -0.4 is 4.90 Å². The minimum absolute atomic E-state index is 0.0821. The fourth-order valence-electron chi connectivity index (χ4n) is 4.10. The predicted octanol–water partition coefficient (Wildman–Crippen LogP) is 6.14. The van der Waals surface area contributed by atoms with Crippen LogP contribution in [-0.4, -0.2) is 30.3 Å². The van der Waals surface area contributed by atoms with E-state index in [2.05, 4.69) is 15.0 Å². The van der Waals surface area contributed by atoms with Gasteiger partial charge in [-0.3, -0.25) is 14.3 Å². The summed E-state index contributed by atoms with van der Waals surface area (Å²) in [6.45, 7) is 1.81. The van der Waals surface area contributed by atoms with Crippen LogP contribution in [0.4, 0.5) is 32.2 Å². The number of aromatic nitrogens is 4. The lowest BCUT2D eigenvalue weighted by atomic mass is 10.1. The second-order valence-electron chi connectivity index (χ2n) is 8.62. The maximum absolute atomic E-state index is 13.6. The number of nitrogens with zero attached hydrogens (tertiary/aromatic N) is 6. The van der Waals surface area contributed by atoms with Crippen molar-refractivity contribution in [1.82, 2.24) is 24.4 Å². The van der Waals surface area contributed by atoms with E-state index in [4.69, 9.17) is 0 Å². The SMILES string of the molecule is Cc1cccc(C(=O)N2C=CN(c3ccc(C(F)(F)F)cn3)[C@H]2c2nccn2-c2ccc(C(F)(F)F)cn2)c1. The van der Waals surface area contributed by atoms with Crippen molar-refractivity contribution in [2.75, 3.05) is 4.90 Å². The molecule has 0 saturated heterocycles. The van der Waals surface area contributed by atoms with Gasteiger partial charge in [-0.15, -0.1) is 0 Å². The van der Waals surface area contributed by atoms with Crippen LogP contribution in [0.2, 0.25) is 0 Å². The molecule has 7 nitrogen and oxygen atoms in total. The van der Waals surface area contributed by atoms with Crippen molar-refractivity contribution in [1.29, 1.82) is 0 Å². The van der Waals surface area contributed by atoms with Crippen LogP contribution >= 0.6 is 0 Å². The summed E-state index contributed by atoms with van der Waals surface area (Å²) in [5.41, 5.74) is -0.716. The molecule has 3 aromatic heterocycles. The highest BCUT2D eigenvalue weighted by Gasteiger charge is 2.38. The first-order valence-electron chi connectivity index (χ1n) is 11.4. The van der Waals surface area contributed by atoms with Crippen molar-refractivity contribution in [3.8, 4) is 5.82 Å². The smallest absolute Gasteiger partial charge is 0.303 e. The average molecular weight is 544 g/mol. The largest absolute Gasteiger partial charge is 0.417 e. The van der Waals surface area contributed by atoms with Crippen LogP contribution in [-0.2, 0) is 12.4 Å². The van der Waals surface area contributed by atoms with Crippen molar-refractivity contribution < 1.29 is 31.1 Å². The molecule has 0 spiro atoms. The molecule has 1 amide bonds. The zero-order valence-corrected chi connectivity index (χ0v) is 20.0. The summed E-state index contributed by atoms with van der Waals surface area (Å²) in [5, 5.41) is 0. The van der Waals surface area contributed by atoms with Crippen molar-refractivity contribution in [3.63, 3.8) is 0 Å². The maximum Gasteiger partial charge on any atom is 0.417 e. The fraction of sp³-hybridized carbons (Fsp3) is 0.154. The molecule has 200 valence electrons. The van der Waals surface area contributed by atoms with Gasteiger partial charge in [0.05, 0.1) is 11.1 Å². The number of amides is 1. The molecule has 0 saturated carbocycles. The van der Waals surface area contributed by atoms with Gasteiger partial charge in [0, 0.05) is 42.8 Å². The molecule has 0 N–H and O–H groups in total. The standard InChI is InChI=1S/C26H18F6N6O/c1-16-3-2-4-17(13-16)24(39)38-12-11-37(21-8-6-19(15-35-21)26(30,31)32)23(38)22-33-9-10-36(22)20-7-5-18(14-34-20)25(27,28)29/h2-15,23H,1H3/t23-/m1/s1. The van der Waals surface area contributed by atoms with E-state index < -0.39 is 35.6 Å². The van der Waals surface area contributed by atoms with E-state index in [-0.39, 0.29) is 17.5 Å². The summed E-state index contributed by atoms with van der Waals surface area (Å²) >= 11 is 0. The van der Waals surface area contributed by atoms with Crippen molar-refractivity contribution in [2.24, 2.45) is 0 Å². The molecule has 0 aliphatic carbocycles. The van der Waals surface area contributed by atoms with Crippen LogP contribution in [0.15, 0.2) is 85.7 Å². The van der Waals surface area contributed by atoms with Crippen LogP contribution in [0.1, 0.15) is 39.0 Å². The van der Waals surface area contributed by atoms with E-state index >= 15 is 0 Å². The minimum Gasteiger partial charge on any atom is -0.303 e. The van der Waals surface area contributed by atoms with Crippen molar-refractivity contribution in [2.45, 2.75) is 25.4 Å². The number of rotatable bonds is 4. The van der Waals surface area contributed by atoms with Crippen LogP contribution in [0.3, 0.4) is 0 Å². The molecule has 0 radical (unpaired) electrons. The van der Waals surface area contributed by atoms with E-state index in [1.165, 1.54) is 39.2 Å². The number of carbonyl (C=O) groups is 1. The molecule has 0 unspecified atom stereocenters. The lowest BCUT2D eigenvalue weighted by Crippen LogP contribution is -2.37. The van der Waals surface area contributed by atoms with E-state index in [9.17, 15) is 31.1 Å². The van der Waals surface area contributed by atoms with Gasteiger partial charge in [0.25, 0.3) is 5.91 Å². The van der Waals surface area contributed by atoms with Crippen LogP contribution in [0.25, 0.3) is 5.82 Å². The van der Waals surface area contributed by atoms with E-state index in [0.29, 0.717) is 18.0 Å². The summed E-state index contributed by atoms with van der Waals surface area (Å²) in [4.78, 5) is 28.5. The number of alkyl halides is 6. The highest BCUT2D eigenvalue weighted by atomic mass is 19.4. The molecule has 4 heterocycles. The van der Waals surface area contributed by atoms with E-state index in [1.807, 2.05) is 13.0 Å². The van der Waals surface area contributed by atoms with Crippen molar-refractivity contribution in [3.05, 3.63) is 114 Å². The molecule has 4 aromatic rings. The zero-order valence-electron chi connectivity index (χ0n) is 20.0. The number of imidazole rings is 1. The van der Waals surface area contributed by atoms with Gasteiger partial charge in [-0.05, 0) is 43.3 Å². The second-order valence-corrected chi connectivity index (χ2v) is 8.62. The monoisotopic (exact) mass is 544 g/mol. The van der Waals surface area contributed by atoms with Crippen LogP contribution in [0.5, 0.6) is 0 Å². The van der Waals surface area contributed by atoms with E-state index in [1.54, 1.807) is 18.2 Å². The molecule has 0 fully saturated rings. The number of carbonyl (C=O) groups excluding carboxylic acids is 1. The van der Waals surface area contributed by atoms with Gasteiger partial charge < -0.3 is 4.90 Å². The Morgan fingerprint density at radius 2 is 1.46 bits per heavy atom. The molecule has 1 atom stereocenters. The van der Waals surface area contributed by atoms with Crippen LogP contribution in [0, 0.1) is 6.92 Å². The molecule has 1 aliphatic heterocycles. The Bertz CT molecular complexity index is 1530. The second kappa shape index (κ2) is 9.57. The Labute approximate surface area is 217 Å². The Morgan fingerprint density at radius 1 is 0.821 bits per heavy atom. The third kappa shape index (κ3) is 5.07. The Balaban J connectivity index is 1.58. The zero-order chi connectivity index (χ0) is 27.9. The minimum atomic E-state index is -4.59. The fourth-order valence-corrected chi connectivity index (χ4v) is 4.10. The topological polar surface area (TPSA) is 67.2 Å². The first kappa shape index (κ1) is 25.9. The Hall–Kier alpha value is -4.68. The molecule has 0 bridgehead atoms. The quantitative estimate of drug-likeness (QED) is 0.289. The van der Waals surface area contributed by atoms with Gasteiger partial charge in [-0.2, -0.15) is 26.3 Å². The van der Waals surface area contributed by atoms with Gasteiger partial charge in [0.2, 0.25) is 0 Å². The van der Waals surface area contributed by atoms with Crippen molar-refractivity contribution >= 4 is 11.7 Å². The highest BCUT2D eigenvalue weighted by Crippen LogP contribution is 2.37. The number of hydrogen-bond donors (Lipinski definition) is 0. The predicted molar refractivity (Wildman–Crippen MR) is 127 cm³/mol. The third-order valence-corrected chi connectivity index (χ3v) is 5.98. The van der Waals surface area contributed by atoms with Gasteiger partial charge in [-0.1, -0.05) is 17.7 Å². The average Bonchev–Trinajstić information content (AvgIpc) is 3.54. The third-order valence-electron chi connectivity index (χ3n) is 5.98. The molecular weight excluding hydrogens is 526 g/mol. The number of halogens is 6. The molecule has 13 heteroatoms. The van der Waals surface area contributed by atoms with Gasteiger partial charge in [0.1, 0.15) is 11.6 Å². The Kier molecular flexibility index (Phi) is 6.36. The molecule has 1 aliphatic rings. The number of anilines is 1. The van der Waals surface area contributed by atoms with Gasteiger partial charge >= 0.3 is 12.4 Å². The number of hydrogen-bond acceptors (Lipinski definition) is 5. The summed E-state index contributed by atoms with van der Waals surface area (Å²) in [5.74, 6) is -0.108. The molecule has 39 heavy (non-hydrogen) atoms. The molecule has 5 rings (SSSR count). The Morgan fingerprint density at radius 3 is 2.03 bits per heavy atom. The highest BCUT2D eigenvalue weighted by molar-refractivity contribution is 5.96. The van der Waals surface area contributed by atoms with E-state index in [0.717, 1.165) is 29.8 Å².